The molecule has 0 amide bonds. The summed E-state index contributed by atoms with van der Waals surface area (Å²) < 4.78 is 27.3. The molecule has 0 aromatic rings. The molecule has 1 saturated heterocycles. The van der Waals surface area contributed by atoms with Gasteiger partial charge in [0.25, 0.3) is 10.2 Å². The predicted molar refractivity (Wildman–Crippen MR) is 70.1 cm³/mol. The molecule has 0 aromatic heterocycles. The molecule has 1 fully saturated rings. The van der Waals surface area contributed by atoms with E-state index < -0.39 is 10.2 Å². The molecule has 0 radical (unpaired) electrons. The monoisotopic (exact) mass is 263 g/mol. The number of hydrogen-bond donors (Lipinski definition) is 1. The first-order valence-electron chi connectivity index (χ1n) is 6.28. The van der Waals surface area contributed by atoms with Gasteiger partial charge in [-0.3, -0.25) is 0 Å². The third-order valence-electron chi connectivity index (χ3n) is 3.09. The van der Waals surface area contributed by atoms with Crippen LogP contribution in [0, 0.1) is 0 Å². The molecule has 0 bridgehead atoms. The minimum absolute atomic E-state index is 0.0959. The molecule has 1 heterocycles. The van der Waals surface area contributed by atoms with Crippen molar-refractivity contribution < 1.29 is 8.42 Å². The van der Waals surface area contributed by atoms with Crippen LogP contribution >= 0.6 is 0 Å². The molecular weight excluding hydrogens is 238 g/mol. The summed E-state index contributed by atoms with van der Waals surface area (Å²) in [6.45, 7) is 5.54. The Morgan fingerprint density at radius 3 is 2.53 bits per heavy atom. The minimum atomic E-state index is -3.27. The van der Waals surface area contributed by atoms with Crippen molar-refractivity contribution >= 4 is 10.2 Å². The van der Waals surface area contributed by atoms with E-state index in [-0.39, 0.29) is 6.04 Å². The van der Waals surface area contributed by atoms with Crippen LogP contribution < -0.4 is 5.32 Å². The first-order chi connectivity index (χ1) is 7.85. The zero-order chi connectivity index (χ0) is 13.1. The molecule has 6 heteroatoms. The summed E-state index contributed by atoms with van der Waals surface area (Å²) in [6.07, 6.45) is 3.03. The fraction of sp³-hybridized carbons (Fsp3) is 1.00. The maximum Gasteiger partial charge on any atom is 0.281 e. The molecular formula is C11H25N3O2S. The lowest BCUT2D eigenvalue weighted by Crippen LogP contribution is -2.52. The maximum absolute atomic E-state index is 12.2. The number of piperidine rings is 1. The Morgan fingerprint density at radius 2 is 2.00 bits per heavy atom. The Morgan fingerprint density at radius 1 is 1.35 bits per heavy atom. The third-order valence-corrected chi connectivity index (χ3v) is 5.09. The first kappa shape index (κ1) is 14.9. The van der Waals surface area contributed by atoms with Gasteiger partial charge in [0.15, 0.2) is 0 Å². The van der Waals surface area contributed by atoms with E-state index in [4.69, 9.17) is 0 Å². The Kier molecular flexibility index (Phi) is 5.37. The number of rotatable bonds is 5. The van der Waals surface area contributed by atoms with Crippen molar-refractivity contribution in [1.82, 2.24) is 13.9 Å². The van der Waals surface area contributed by atoms with Gasteiger partial charge in [-0.1, -0.05) is 20.3 Å². The maximum atomic E-state index is 12.2. The molecule has 17 heavy (non-hydrogen) atoms. The number of nitrogens with zero attached hydrogens (tertiary/aromatic N) is 2. The van der Waals surface area contributed by atoms with Crippen molar-refractivity contribution in [2.24, 2.45) is 0 Å². The van der Waals surface area contributed by atoms with Crippen molar-refractivity contribution in [3.05, 3.63) is 0 Å². The van der Waals surface area contributed by atoms with Gasteiger partial charge in [-0.25, -0.2) is 0 Å². The lowest BCUT2D eigenvalue weighted by molar-refractivity contribution is 0.231. The van der Waals surface area contributed by atoms with Crippen molar-refractivity contribution in [2.45, 2.75) is 45.2 Å². The van der Waals surface area contributed by atoms with Crippen molar-refractivity contribution in [3.63, 3.8) is 0 Å². The molecule has 102 valence electrons. The summed E-state index contributed by atoms with van der Waals surface area (Å²) in [5.41, 5.74) is 0. The van der Waals surface area contributed by atoms with E-state index in [2.05, 4.69) is 19.2 Å². The summed E-state index contributed by atoms with van der Waals surface area (Å²) >= 11 is 0. The van der Waals surface area contributed by atoms with Crippen molar-refractivity contribution in [2.75, 3.05) is 27.2 Å². The van der Waals surface area contributed by atoms with Gasteiger partial charge < -0.3 is 5.32 Å². The van der Waals surface area contributed by atoms with Gasteiger partial charge in [-0.05, 0) is 12.8 Å². The van der Waals surface area contributed by atoms with E-state index in [1.807, 2.05) is 0 Å². The zero-order valence-corrected chi connectivity index (χ0v) is 12.1. The highest BCUT2D eigenvalue weighted by atomic mass is 32.2. The summed E-state index contributed by atoms with van der Waals surface area (Å²) in [5, 5.41) is 3.33. The topological polar surface area (TPSA) is 52.7 Å². The van der Waals surface area contributed by atoms with Crippen LogP contribution in [0.15, 0.2) is 0 Å². The van der Waals surface area contributed by atoms with Crippen LogP contribution in [-0.2, 0) is 10.2 Å². The molecule has 5 nitrogen and oxygen atoms in total. The summed E-state index contributed by atoms with van der Waals surface area (Å²) in [4.78, 5) is 0. The third kappa shape index (κ3) is 3.91. The summed E-state index contributed by atoms with van der Waals surface area (Å²) in [7, 11) is -0.0821. The molecule has 1 N–H and O–H groups in total. The predicted octanol–water partition coefficient (Wildman–Crippen LogP) is 0.645. The fourth-order valence-electron chi connectivity index (χ4n) is 2.06. The second kappa shape index (κ2) is 6.13. The van der Waals surface area contributed by atoms with Crippen LogP contribution in [0.5, 0.6) is 0 Å². The fourth-order valence-corrected chi connectivity index (χ4v) is 3.40. The molecule has 1 aliphatic heterocycles. The van der Waals surface area contributed by atoms with E-state index in [0.717, 1.165) is 25.8 Å². The smallest absolute Gasteiger partial charge is 0.281 e. The van der Waals surface area contributed by atoms with E-state index in [1.165, 1.54) is 4.31 Å². The van der Waals surface area contributed by atoms with E-state index in [0.29, 0.717) is 12.6 Å². The Labute approximate surface area is 105 Å². The van der Waals surface area contributed by atoms with Gasteiger partial charge in [0.05, 0.1) is 0 Å². The van der Waals surface area contributed by atoms with Crippen LogP contribution in [0.4, 0.5) is 0 Å². The lowest BCUT2D eigenvalue weighted by atomic mass is 10.0. The van der Waals surface area contributed by atoms with E-state index >= 15 is 0 Å². The molecule has 1 atom stereocenters. The quantitative estimate of drug-likeness (QED) is 0.792. The van der Waals surface area contributed by atoms with Gasteiger partial charge in [0, 0.05) is 39.3 Å². The Bertz CT molecular complexity index is 328. The Balaban J connectivity index is 2.72. The van der Waals surface area contributed by atoms with E-state index in [9.17, 15) is 8.42 Å². The lowest BCUT2D eigenvalue weighted by Gasteiger charge is -2.36. The number of nitrogens with one attached hydrogen (secondary N) is 1. The highest BCUT2D eigenvalue weighted by Crippen LogP contribution is 2.21. The molecule has 0 saturated carbocycles. The Hall–Kier alpha value is -0.170. The second-order valence-electron chi connectivity index (χ2n) is 5.11. The first-order valence-corrected chi connectivity index (χ1v) is 7.68. The second-order valence-corrected chi connectivity index (χ2v) is 7.21. The van der Waals surface area contributed by atoms with Crippen LogP contribution in [0.1, 0.15) is 33.1 Å². The van der Waals surface area contributed by atoms with Crippen LogP contribution in [0.2, 0.25) is 0 Å². The normalized spacial score (nSPS) is 23.5. The average molecular weight is 263 g/mol. The van der Waals surface area contributed by atoms with Gasteiger partial charge in [-0.15, -0.1) is 0 Å². The van der Waals surface area contributed by atoms with Gasteiger partial charge in [-0.2, -0.15) is 17.0 Å². The van der Waals surface area contributed by atoms with Crippen molar-refractivity contribution in [1.29, 1.82) is 0 Å². The van der Waals surface area contributed by atoms with Crippen molar-refractivity contribution in [3.8, 4) is 0 Å². The van der Waals surface area contributed by atoms with Crippen LogP contribution in [0.3, 0.4) is 0 Å². The van der Waals surface area contributed by atoms with Gasteiger partial charge in [0.1, 0.15) is 0 Å². The molecule has 0 aromatic carbocycles. The van der Waals surface area contributed by atoms with Gasteiger partial charge >= 0.3 is 0 Å². The molecule has 0 aliphatic carbocycles. The van der Waals surface area contributed by atoms with Crippen LogP contribution in [-0.4, -0.2) is 56.3 Å². The molecule has 1 rings (SSSR count). The van der Waals surface area contributed by atoms with E-state index in [1.54, 1.807) is 18.4 Å². The SMILES string of the molecule is CC(C)NCC1CCCCN1S(=O)(=O)N(C)C. The zero-order valence-electron chi connectivity index (χ0n) is 11.3. The highest BCUT2D eigenvalue weighted by Gasteiger charge is 2.33. The minimum Gasteiger partial charge on any atom is -0.313 e. The summed E-state index contributed by atoms with van der Waals surface area (Å²) in [5.74, 6) is 0. The average Bonchev–Trinajstić information content (AvgIpc) is 2.26. The highest BCUT2D eigenvalue weighted by molar-refractivity contribution is 7.86. The standard InChI is InChI=1S/C11H25N3O2S/c1-10(2)12-9-11-7-5-6-8-14(11)17(15,16)13(3)4/h10-12H,5-9H2,1-4H3. The van der Waals surface area contributed by atoms with Crippen LogP contribution in [0.25, 0.3) is 0 Å². The summed E-state index contributed by atoms with van der Waals surface area (Å²) in [6, 6.07) is 0.486. The molecule has 1 unspecified atom stereocenters. The largest absolute Gasteiger partial charge is 0.313 e. The van der Waals surface area contributed by atoms with Gasteiger partial charge in [0.2, 0.25) is 0 Å². The molecule has 1 aliphatic rings. The number of hydrogen-bond acceptors (Lipinski definition) is 3. The molecule has 0 spiro atoms.